The molecular weight excluding hydrogens is 336 g/mol. The van der Waals surface area contributed by atoms with Gasteiger partial charge in [0.25, 0.3) is 0 Å². The van der Waals surface area contributed by atoms with E-state index in [4.69, 9.17) is 9.47 Å². The molecule has 5 heteroatoms. The summed E-state index contributed by atoms with van der Waals surface area (Å²) < 4.78 is 11.8. The molecule has 1 aliphatic heterocycles. The van der Waals surface area contributed by atoms with Crippen LogP contribution in [0.2, 0.25) is 0 Å². The predicted octanol–water partition coefficient (Wildman–Crippen LogP) is 3.14. The van der Waals surface area contributed by atoms with E-state index in [9.17, 15) is 10.2 Å². The predicted molar refractivity (Wildman–Crippen MR) is 98.4 cm³/mol. The number of hydrogen-bond acceptors (Lipinski definition) is 5. The molecule has 1 aliphatic rings. The lowest BCUT2D eigenvalue weighted by atomic mass is 10.0. The number of ether oxygens (including phenoxy) is 2. The van der Waals surface area contributed by atoms with Crippen LogP contribution < -0.4 is 0 Å². The van der Waals surface area contributed by atoms with Crippen molar-refractivity contribution in [3.05, 3.63) is 65.7 Å². The first-order valence-corrected chi connectivity index (χ1v) is 9.33. The molecule has 1 fully saturated rings. The van der Waals surface area contributed by atoms with Gasteiger partial charge < -0.3 is 19.7 Å². The van der Waals surface area contributed by atoms with Gasteiger partial charge in [0.2, 0.25) is 0 Å². The molecule has 2 aromatic carbocycles. The highest BCUT2D eigenvalue weighted by atomic mass is 32.2. The Morgan fingerprint density at radius 3 is 2.36 bits per heavy atom. The number of benzene rings is 2. The fourth-order valence-electron chi connectivity index (χ4n) is 2.85. The van der Waals surface area contributed by atoms with Crippen molar-refractivity contribution < 1.29 is 19.7 Å². The van der Waals surface area contributed by atoms with Crippen LogP contribution in [0.25, 0.3) is 0 Å². The maximum Gasteiger partial charge on any atom is 0.136 e. The highest BCUT2D eigenvalue weighted by molar-refractivity contribution is 7.99. The Bertz CT molecular complexity index is 661. The lowest BCUT2D eigenvalue weighted by Gasteiger charge is -2.41. The molecule has 0 aliphatic carbocycles. The number of aliphatic hydroxyl groups is 2. The minimum absolute atomic E-state index is 0.315. The van der Waals surface area contributed by atoms with Crippen molar-refractivity contribution in [2.75, 3.05) is 0 Å². The largest absolute Gasteiger partial charge is 0.387 e. The van der Waals surface area contributed by atoms with Gasteiger partial charge in [-0.1, -0.05) is 59.8 Å². The van der Waals surface area contributed by atoms with Gasteiger partial charge >= 0.3 is 0 Å². The molecule has 0 radical (unpaired) electrons. The van der Waals surface area contributed by atoms with Crippen molar-refractivity contribution in [3.8, 4) is 0 Å². The third-order valence-electron chi connectivity index (χ3n) is 4.34. The maximum absolute atomic E-state index is 10.5. The van der Waals surface area contributed by atoms with E-state index in [-0.39, 0.29) is 6.10 Å². The van der Waals surface area contributed by atoms with Crippen LogP contribution in [0.1, 0.15) is 18.1 Å². The Kier molecular flexibility index (Phi) is 6.15. The number of thioether (sulfide) groups is 1. The molecule has 0 aromatic heterocycles. The third kappa shape index (κ3) is 4.63. The van der Waals surface area contributed by atoms with Crippen molar-refractivity contribution >= 4 is 11.8 Å². The van der Waals surface area contributed by atoms with Crippen LogP contribution in [0.3, 0.4) is 0 Å². The smallest absolute Gasteiger partial charge is 0.136 e. The van der Waals surface area contributed by atoms with Crippen LogP contribution in [0.4, 0.5) is 0 Å². The first-order valence-electron chi connectivity index (χ1n) is 8.45. The van der Waals surface area contributed by atoms with Crippen molar-refractivity contribution in [3.63, 3.8) is 0 Å². The highest BCUT2D eigenvalue weighted by Crippen LogP contribution is 2.34. The van der Waals surface area contributed by atoms with Crippen LogP contribution in [0.5, 0.6) is 0 Å². The molecule has 0 unspecified atom stereocenters. The molecule has 1 heterocycles. The minimum atomic E-state index is -1.01. The third-order valence-corrected chi connectivity index (χ3v) is 5.50. The maximum atomic E-state index is 10.5. The Labute approximate surface area is 152 Å². The summed E-state index contributed by atoms with van der Waals surface area (Å²) in [4.78, 5) is 0.998. The van der Waals surface area contributed by atoms with Crippen LogP contribution in [-0.2, 0) is 16.1 Å². The zero-order chi connectivity index (χ0) is 17.8. The van der Waals surface area contributed by atoms with Gasteiger partial charge in [-0.25, -0.2) is 0 Å². The van der Waals surface area contributed by atoms with Crippen molar-refractivity contribution in [2.45, 2.75) is 55.2 Å². The van der Waals surface area contributed by atoms with Crippen LogP contribution >= 0.6 is 11.8 Å². The first-order chi connectivity index (χ1) is 12.0. The van der Waals surface area contributed by atoms with Crippen molar-refractivity contribution in [1.29, 1.82) is 0 Å². The van der Waals surface area contributed by atoms with E-state index in [1.807, 2.05) is 68.4 Å². The van der Waals surface area contributed by atoms with Gasteiger partial charge in [-0.2, -0.15) is 0 Å². The molecule has 0 amide bonds. The Hall–Kier alpha value is -1.37. The van der Waals surface area contributed by atoms with E-state index in [0.717, 1.165) is 10.5 Å². The second kappa shape index (κ2) is 8.34. The van der Waals surface area contributed by atoms with E-state index in [1.165, 1.54) is 17.3 Å². The highest BCUT2D eigenvalue weighted by Gasteiger charge is 2.43. The van der Waals surface area contributed by atoms with E-state index in [2.05, 4.69) is 0 Å². The fourth-order valence-corrected chi connectivity index (χ4v) is 3.94. The first kappa shape index (κ1) is 18.4. The molecule has 134 valence electrons. The average Bonchev–Trinajstić information content (AvgIpc) is 2.62. The molecule has 0 saturated carbocycles. The van der Waals surface area contributed by atoms with Crippen LogP contribution in [-0.4, -0.2) is 40.1 Å². The summed E-state index contributed by atoms with van der Waals surface area (Å²) in [5, 5.41) is 21.0. The standard InChI is InChI=1S/C20H24O4S/c1-13-8-10-16(11-9-13)25-20-18(22)17(21)19(14(2)24-20)23-12-15-6-4-3-5-7-15/h3-11,14,17-22H,12H2,1-2H3/t14-,17-,18+,19-,20-/m1/s1. The number of rotatable bonds is 5. The van der Waals surface area contributed by atoms with Gasteiger partial charge in [0.15, 0.2) is 0 Å². The quantitative estimate of drug-likeness (QED) is 0.858. The molecule has 2 aromatic rings. The van der Waals surface area contributed by atoms with Gasteiger partial charge in [0.1, 0.15) is 23.7 Å². The van der Waals surface area contributed by atoms with Crippen LogP contribution in [0, 0.1) is 6.92 Å². The van der Waals surface area contributed by atoms with Gasteiger partial charge in [0, 0.05) is 4.90 Å². The Balaban J connectivity index is 1.61. The van der Waals surface area contributed by atoms with Crippen molar-refractivity contribution in [2.24, 2.45) is 0 Å². The van der Waals surface area contributed by atoms with Gasteiger partial charge in [-0.05, 0) is 31.5 Å². The SMILES string of the molecule is Cc1ccc(S[C@H]2O[C@H](C)[C@@H](OCc3ccccc3)[C@H](O)[C@@H]2O)cc1. The van der Waals surface area contributed by atoms with E-state index >= 15 is 0 Å². The fraction of sp³-hybridized carbons (Fsp3) is 0.400. The normalized spacial score (nSPS) is 29.5. The molecule has 3 rings (SSSR count). The lowest BCUT2D eigenvalue weighted by Crippen LogP contribution is -2.56. The Morgan fingerprint density at radius 2 is 1.68 bits per heavy atom. The second-order valence-electron chi connectivity index (χ2n) is 6.38. The summed E-state index contributed by atoms with van der Waals surface area (Å²) in [6.45, 7) is 4.27. The number of aryl methyl sites for hydroxylation is 1. The topological polar surface area (TPSA) is 58.9 Å². The summed E-state index contributed by atoms with van der Waals surface area (Å²) >= 11 is 1.42. The van der Waals surface area contributed by atoms with Gasteiger partial charge in [0.05, 0.1) is 12.7 Å². The number of aliphatic hydroxyl groups excluding tert-OH is 2. The number of hydrogen-bond donors (Lipinski definition) is 2. The summed E-state index contributed by atoms with van der Waals surface area (Å²) in [5.41, 5.74) is 1.68. The minimum Gasteiger partial charge on any atom is -0.387 e. The summed E-state index contributed by atoms with van der Waals surface area (Å²) in [6.07, 6.45) is -2.88. The van der Waals surface area contributed by atoms with Gasteiger partial charge in [-0.3, -0.25) is 0 Å². The molecule has 5 atom stereocenters. The van der Waals surface area contributed by atoms with Gasteiger partial charge in [-0.15, -0.1) is 0 Å². The molecular formula is C20H24O4S. The van der Waals surface area contributed by atoms with E-state index < -0.39 is 23.7 Å². The molecule has 1 saturated heterocycles. The summed E-state index contributed by atoms with van der Waals surface area (Å²) in [7, 11) is 0. The zero-order valence-corrected chi connectivity index (χ0v) is 15.2. The summed E-state index contributed by atoms with van der Waals surface area (Å²) in [6, 6.07) is 17.8. The van der Waals surface area contributed by atoms with E-state index in [0.29, 0.717) is 6.61 Å². The molecule has 2 N–H and O–H groups in total. The monoisotopic (exact) mass is 360 g/mol. The molecule has 0 bridgehead atoms. The second-order valence-corrected chi connectivity index (χ2v) is 7.55. The molecule has 25 heavy (non-hydrogen) atoms. The Morgan fingerprint density at radius 1 is 1.00 bits per heavy atom. The van der Waals surface area contributed by atoms with Crippen molar-refractivity contribution in [1.82, 2.24) is 0 Å². The lowest BCUT2D eigenvalue weighted by molar-refractivity contribution is -0.212. The summed E-state index contributed by atoms with van der Waals surface area (Å²) in [5.74, 6) is 0. The zero-order valence-electron chi connectivity index (χ0n) is 14.4. The average molecular weight is 360 g/mol. The molecule has 4 nitrogen and oxygen atoms in total. The molecule has 0 spiro atoms. The van der Waals surface area contributed by atoms with Crippen LogP contribution in [0.15, 0.2) is 59.5 Å². The van der Waals surface area contributed by atoms with E-state index in [1.54, 1.807) is 0 Å².